The summed E-state index contributed by atoms with van der Waals surface area (Å²) < 4.78 is 6.42. The Bertz CT molecular complexity index is 607. The maximum Gasteiger partial charge on any atom is 0.336 e. The van der Waals surface area contributed by atoms with E-state index in [0.717, 1.165) is 16.5 Å². The summed E-state index contributed by atoms with van der Waals surface area (Å²) in [6, 6.07) is 7.68. The maximum atomic E-state index is 12.5. The van der Waals surface area contributed by atoms with Crippen molar-refractivity contribution in [3.63, 3.8) is 0 Å². The minimum absolute atomic E-state index is 0.0782. The quantitative estimate of drug-likeness (QED) is 0.828. The van der Waals surface area contributed by atoms with Crippen LogP contribution in [0.15, 0.2) is 40.0 Å². The van der Waals surface area contributed by atoms with Crippen LogP contribution >= 0.6 is 15.9 Å². The molecule has 22 heavy (non-hydrogen) atoms. The van der Waals surface area contributed by atoms with Crippen molar-refractivity contribution >= 4 is 27.8 Å². The van der Waals surface area contributed by atoms with Crippen LogP contribution in [0, 0.1) is 0 Å². The Labute approximate surface area is 139 Å². The maximum absolute atomic E-state index is 12.5. The zero-order chi connectivity index (χ0) is 16.3. The molecule has 2 atom stereocenters. The summed E-state index contributed by atoms with van der Waals surface area (Å²) in [6.45, 7) is 5.58. The Hall–Kier alpha value is -1.62. The van der Waals surface area contributed by atoms with Gasteiger partial charge in [-0.1, -0.05) is 35.0 Å². The van der Waals surface area contributed by atoms with Crippen molar-refractivity contribution in [3.05, 3.63) is 45.6 Å². The highest BCUT2D eigenvalue weighted by Gasteiger charge is 2.33. The first-order chi connectivity index (χ1) is 10.4. The van der Waals surface area contributed by atoms with Gasteiger partial charge in [0.1, 0.15) is 0 Å². The average Bonchev–Trinajstić information content (AvgIpc) is 2.46. The fourth-order valence-corrected chi connectivity index (χ4v) is 2.75. The van der Waals surface area contributed by atoms with Crippen LogP contribution < -0.4 is 5.32 Å². The molecular weight excluding hydrogens is 346 g/mol. The number of rotatable bonds is 4. The predicted molar refractivity (Wildman–Crippen MR) is 88.2 cm³/mol. The van der Waals surface area contributed by atoms with E-state index in [1.54, 1.807) is 6.92 Å². The molecule has 1 aromatic rings. The Kier molecular flexibility index (Phi) is 5.40. The van der Waals surface area contributed by atoms with E-state index in [4.69, 9.17) is 4.74 Å². The van der Waals surface area contributed by atoms with Crippen LogP contribution in [-0.2, 0) is 14.3 Å². The van der Waals surface area contributed by atoms with Crippen LogP contribution in [0.1, 0.15) is 45.1 Å². The van der Waals surface area contributed by atoms with Gasteiger partial charge in [-0.15, -0.1) is 0 Å². The number of nitrogens with one attached hydrogen (secondary N) is 1. The van der Waals surface area contributed by atoms with Crippen molar-refractivity contribution < 1.29 is 14.3 Å². The molecule has 4 nitrogen and oxygen atoms in total. The van der Waals surface area contributed by atoms with Crippen LogP contribution in [0.25, 0.3) is 0 Å². The molecule has 1 aromatic carbocycles. The lowest BCUT2D eigenvalue weighted by Crippen LogP contribution is -2.34. The molecule has 0 spiro atoms. The van der Waals surface area contributed by atoms with Gasteiger partial charge in [-0.3, -0.25) is 4.79 Å². The summed E-state index contributed by atoms with van der Waals surface area (Å²) in [7, 11) is 0. The second kappa shape index (κ2) is 7.09. The van der Waals surface area contributed by atoms with E-state index in [-0.39, 0.29) is 30.3 Å². The molecular formula is C17H20BrNO3. The van der Waals surface area contributed by atoms with E-state index in [1.165, 1.54) is 0 Å². The molecule has 1 aliphatic rings. The molecule has 0 saturated carbocycles. The largest absolute Gasteiger partial charge is 0.459 e. The number of carbonyl (C=O) groups is 2. The number of ether oxygens (including phenoxy) is 1. The number of allylic oxidation sites excluding steroid dienone is 1. The lowest BCUT2D eigenvalue weighted by Gasteiger charge is -2.27. The minimum atomic E-state index is -0.347. The number of carbonyl (C=O) groups excluding carboxylic acids is 2. The topological polar surface area (TPSA) is 55.4 Å². The van der Waals surface area contributed by atoms with Gasteiger partial charge in [-0.05, 0) is 38.0 Å². The van der Waals surface area contributed by atoms with Crippen LogP contribution in [0.3, 0.4) is 0 Å². The summed E-state index contributed by atoms with van der Waals surface area (Å²) in [5, 5.41) is 2.74. The van der Waals surface area contributed by atoms with Gasteiger partial charge in [0.25, 0.3) is 0 Å². The molecule has 1 aliphatic heterocycles. The fourth-order valence-electron chi connectivity index (χ4n) is 2.48. The molecule has 0 aromatic heterocycles. The van der Waals surface area contributed by atoms with Gasteiger partial charge in [0, 0.05) is 22.5 Å². The molecule has 0 unspecified atom stereocenters. The van der Waals surface area contributed by atoms with Crippen LogP contribution in [0.5, 0.6) is 0 Å². The lowest BCUT2D eigenvalue weighted by atomic mass is 9.84. The monoisotopic (exact) mass is 365 g/mol. The standard InChI is InChI=1S/C17H20BrNO3/c1-4-10(2)22-17(21)16-11(3)19-15(20)9-14(16)12-5-7-13(18)8-6-12/h5-8,10,14H,4,9H2,1-3H3,(H,19,20)/t10-,14-/m0/s1. The van der Waals surface area contributed by atoms with E-state index in [9.17, 15) is 9.59 Å². The molecule has 0 bridgehead atoms. The Morgan fingerprint density at radius 1 is 1.41 bits per heavy atom. The van der Waals surface area contributed by atoms with Crippen molar-refractivity contribution in [1.82, 2.24) is 5.32 Å². The summed E-state index contributed by atoms with van der Waals surface area (Å²) in [5.74, 6) is -0.691. The molecule has 0 fully saturated rings. The number of esters is 1. The number of hydrogen-bond acceptors (Lipinski definition) is 3. The highest BCUT2D eigenvalue weighted by molar-refractivity contribution is 9.10. The van der Waals surface area contributed by atoms with Gasteiger partial charge in [-0.25, -0.2) is 4.79 Å². The van der Waals surface area contributed by atoms with E-state index in [1.807, 2.05) is 38.1 Å². The van der Waals surface area contributed by atoms with Crippen LogP contribution in [-0.4, -0.2) is 18.0 Å². The van der Waals surface area contributed by atoms with Gasteiger partial charge < -0.3 is 10.1 Å². The molecule has 1 amide bonds. The normalized spacial score (nSPS) is 19.6. The lowest BCUT2D eigenvalue weighted by molar-refractivity contribution is -0.144. The number of amides is 1. The van der Waals surface area contributed by atoms with Crippen molar-refractivity contribution in [2.24, 2.45) is 0 Å². The van der Waals surface area contributed by atoms with Gasteiger partial charge in [0.2, 0.25) is 5.91 Å². The second-order valence-corrected chi connectivity index (χ2v) is 6.43. The Morgan fingerprint density at radius 3 is 2.64 bits per heavy atom. The summed E-state index contributed by atoms with van der Waals surface area (Å²) in [4.78, 5) is 24.4. The van der Waals surface area contributed by atoms with Crippen LogP contribution in [0.2, 0.25) is 0 Å². The van der Waals surface area contributed by atoms with Crippen molar-refractivity contribution in [3.8, 4) is 0 Å². The molecule has 1 N–H and O–H groups in total. The highest BCUT2D eigenvalue weighted by Crippen LogP contribution is 2.34. The zero-order valence-corrected chi connectivity index (χ0v) is 14.6. The molecule has 5 heteroatoms. The molecule has 2 rings (SSSR count). The first-order valence-corrected chi connectivity index (χ1v) is 8.18. The predicted octanol–water partition coefficient (Wildman–Crippen LogP) is 3.67. The molecule has 0 saturated heterocycles. The Balaban J connectivity index is 2.36. The van der Waals surface area contributed by atoms with Gasteiger partial charge >= 0.3 is 5.97 Å². The summed E-state index contributed by atoms with van der Waals surface area (Å²) >= 11 is 3.40. The molecule has 0 aliphatic carbocycles. The van der Waals surface area contributed by atoms with Crippen molar-refractivity contribution in [1.29, 1.82) is 0 Å². The van der Waals surface area contributed by atoms with Gasteiger partial charge in [0.15, 0.2) is 0 Å². The zero-order valence-electron chi connectivity index (χ0n) is 13.0. The smallest absolute Gasteiger partial charge is 0.336 e. The summed E-state index contributed by atoms with van der Waals surface area (Å²) in [5.41, 5.74) is 2.06. The molecule has 0 radical (unpaired) electrons. The molecule has 1 heterocycles. The third kappa shape index (κ3) is 3.77. The van der Waals surface area contributed by atoms with Gasteiger partial charge in [0.05, 0.1) is 11.7 Å². The minimum Gasteiger partial charge on any atom is -0.459 e. The third-order valence-electron chi connectivity index (χ3n) is 3.84. The van der Waals surface area contributed by atoms with Crippen molar-refractivity contribution in [2.45, 2.75) is 45.6 Å². The number of benzene rings is 1. The Morgan fingerprint density at radius 2 is 2.05 bits per heavy atom. The number of hydrogen-bond donors (Lipinski definition) is 1. The third-order valence-corrected chi connectivity index (χ3v) is 4.37. The number of halogens is 1. The SMILES string of the molecule is CC[C@H](C)OC(=O)C1=C(C)NC(=O)C[C@H]1c1ccc(Br)cc1. The summed E-state index contributed by atoms with van der Waals surface area (Å²) in [6.07, 6.45) is 0.869. The molecule has 118 valence electrons. The first-order valence-electron chi connectivity index (χ1n) is 7.39. The van der Waals surface area contributed by atoms with E-state index in [2.05, 4.69) is 21.2 Å². The van der Waals surface area contributed by atoms with E-state index in [0.29, 0.717) is 11.3 Å². The second-order valence-electron chi connectivity index (χ2n) is 5.52. The van der Waals surface area contributed by atoms with Crippen LogP contribution in [0.4, 0.5) is 0 Å². The van der Waals surface area contributed by atoms with E-state index < -0.39 is 0 Å². The highest BCUT2D eigenvalue weighted by atomic mass is 79.9. The van der Waals surface area contributed by atoms with Gasteiger partial charge in [-0.2, -0.15) is 0 Å². The van der Waals surface area contributed by atoms with Crippen molar-refractivity contribution in [2.75, 3.05) is 0 Å². The van der Waals surface area contributed by atoms with E-state index >= 15 is 0 Å². The first kappa shape index (κ1) is 16.7. The fraction of sp³-hybridized carbons (Fsp3) is 0.412. The average molecular weight is 366 g/mol.